The van der Waals surface area contributed by atoms with Crippen molar-refractivity contribution in [2.24, 2.45) is 0 Å². The van der Waals surface area contributed by atoms with Crippen LogP contribution in [0.25, 0.3) is 0 Å². The minimum Gasteiger partial charge on any atom is -0.412 e. The molecule has 0 N–H and O–H groups in total. The van der Waals surface area contributed by atoms with E-state index in [0.717, 1.165) is 16.9 Å². The monoisotopic (exact) mass is 308 g/mol. The van der Waals surface area contributed by atoms with E-state index in [0.29, 0.717) is 0 Å². The fourth-order valence-electron chi connectivity index (χ4n) is 1.38. The molecule has 0 spiro atoms. The van der Waals surface area contributed by atoms with E-state index in [4.69, 9.17) is 0 Å². The summed E-state index contributed by atoms with van der Waals surface area (Å²) < 4.78 is 70.0. The quantitative estimate of drug-likeness (QED) is 0.363. The molecule has 1 aromatic heterocycles. The molecule has 0 saturated carbocycles. The molecule has 2 nitrogen and oxygen atoms in total. The molecule has 106 valence electrons. The fourth-order valence-corrected chi connectivity index (χ4v) is 2.13. The van der Waals surface area contributed by atoms with Crippen molar-refractivity contribution in [1.82, 2.24) is 0 Å². The van der Waals surface area contributed by atoms with Crippen molar-refractivity contribution >= 4 is 17.3 Å². The number of esters is 1. The number of benzene rings is 1. The van der Waals surface area contributed by atoms with E-state index in [2.05, 4.69) is 4.74 Å². The molecule has 2 aromatic rings. The summed E-state index contributed by atoms with van der Waals surface area (Å²) in [5.74, 6) is -12.8. The van der Waals surface area contributed by atoms with Gasteiger partial charge in [0.25, 0.3) is 0 Å². The maximum atomic E-state index is 13.3. The molecule has 0 aliphatic heterocycles. The average Bonchev–Trinajstić information content (AvgIpc) is 2.79. The zero-order valence-corrected chi connectivity index (χ0v) is 10.6. The molecule has 0 atom stereocenters. The normalized spacial score (nSPS) is 10.7. The molecule has 0 bridgehead atoms. The molecule has 0 radical (unpaired) electrons. The number of aryl methyl sites for hydroxylation is 1. The van der Waals surface area contributed by atoms with Gasteiger partial charge in [-0.1, -0.05) is 0 Å². The molecule has 0 amide bonds. The van der Waals surface area contributed by atoms with E-state index < -0.39 is 40.6 Å². The average molecular weight is 308 g/mol. The zero-order chi connectivity index (χ0) is 15.0. The van der Waals surface area contributed by atoms with Crippen molar-refractivity contribution in [3.05, 3.63) is 51.7 Å². The van der Waals surface area contributed by atoms with E-state index in [1.807, 2.05) is 0 Å². The van der Waals surface area contributed by atoms with Gasteiger partial charge >= 0.3 is 5.97 Å². The fraction of sp³-hybridized carbons (Fsp3) is 0.0833. The first-order chi connectivity index (χ1) is 9.32. The number of thiophene rings is 1. The van der Waals surface area contributed by atoms with Gasteiger partial charge in [-0.2, -0.15) is 0 Å². The summed E-state index contributed by atoms with van der Waals surface area (Å²) in [5.41, 5.74) is -0.900. The van der Waals surface area contributed by atoms with Crippen LogP contribution in [-0.4, -0.2) is 5.97 Å². The number of carbonyl (C=O) groups is 1. The molecule has 2 rings (SSSR count). The van der Waals surface area contributed by atoms with E-state index in [1.165, 1.54) is 6.07 Å². The summed E-state index contributed by atoms with van der Waals surface area (Å²) in [4.78, 5) is 11.5. The predicted molar refractivity (Wildman–Crippen MR) is 60.2 cm³/mol. The Bertz CT molecular complexity index is 666. The molecule has 0 saturated heterocycles. The third kappa shape index (κ3) is 2.38. The van der Waals surface area contributed by atoms with E-state index in [9.17, 15) is 26.7 Å². The van der Waals surface area contributed by atoms with Crippen LogP contribution >= 0.6 is 11.3 Å². The van der Waals surface area contributed by atoms with Crippen LogP contribution in [0.5, 0.6) is 5.06 Å². The Morgan fingerprint density at radius 2 is 1.50 bits per heavy atom. The van der Waals surface area contributed by atoms with Gasteiger partial charge in [-0.3, -0.25) is 0 Å². The molecule has 0 unspecified atom stereocenters. The van der Waals surface area contributed by atoms with Gasteiger partial charge < -0.3 is 4.74 Å². The van der Waals surface area contributed by atoms with Gasteiger partial charge in [0.15, 0.2) is 28.3 Å². The Hall–Kier alpha value is -1.96. The third-order valence-corrected chi connectivity index (χ3v) is 3.24. The molecular weight excluding hydrogens is 303 g/mol. The number of hydrogen-bond acceptors (Lipinski definition) is 3. The van der Waals surface area contributed by atoms with Gasteiger partial charge in [0, 0.05) is 0 Å². The number of halogens is 5. The number of hydrogen-bond donors (Lipinski definition) is 0. The van der Waals surface area contributed by atoms with E-state index in [-0.39, 0.29) is 5.06 Å². The molecule has 0 fully saturated rings. The Morgan fingerprint density at radius 1 is 1.00 bits per heavy atom. The Balaban J connectivity index is 2.45. The van der Waals surface area contributed by atoms with Gasteiger partial charge in [-0.25, -0.2) is 26.7 Å². The molecule has 20 heavy (non-hydrogen) atoms. The second-order valence-corrected chi connectivity index (χ2v) is 4.65. The zero-order valence-electron chi connectivity index (χ0n) is 9.77. The van der Waals surface area contributed by atoms with Crippen molar-refractivity contribution in [1.29, 1.82) is 0 Å². The van der Waals surface area contributed by atoms with Crippen LogP contribution in [0.1, 0.15) is 15.9 Å². The smallest absolute Gasteiger partial charge is 0.350 e. The summed E-state index contributed by atoms with van der Waals surface area (Å²) in [5, 5.41) is 1.57. The van der Waals surface area contributed by atoms with Gasteiger partial charge in [-0.05, 0) is 23.9 Å². The highest BCUT2D eigenvalue weighted by atomic mass is 32.1. The van der Waals surface area contributed by atoms with Crippen LogP contribution in [0.4, 0.5) is 22.0 Å². The predicted octanol–water partition coefficient (Wildman–Crippen LogP) is 3.97. The molecular formula is C12H5F5O2S. The first-order valence-corrected chi connectivity index (χ1v) is 5.99. The number of rotatable bonds is 2. The van der Waals surface area contributed by atoms with Crippen LogP contribution in [0.3, 0.4) is 0 Å². The number of ether oxygens (including phenoxy) is 1. The highest BCUT2D eigenvalue weighted by Gasteiger charge is 2.31. The Kier molecular flexibility index (Phi) is 3.76. The second kappa shape index (κ2) is 5.20. The van der Waals surface area contributed by atoms with Gasteiger partial charge in [0.1, 0.15) is 5.56 Å². The summed E-state index contributed by atoms with van der Waals surface area (Å²) in [7, 11) is 0. The lowest BCUT2D eigenvalue weighted by atomic mass is 10.1. The summed E-state index contributed by atoms with van der Waals surface area (Å²) >= 11 is 0.946. The van der Waals surface area contributed by atoms with Crippen molar-refractivity contribution in [2.75, 3.05) is 0 Å². The van der Waals surface area contributed by atoms with E-state index >= 15 is 0 Å². The summed E-state index contributed by atoms with van der Waals surface area (Å²) in [6.45, 7) is 1.67. The minimum atomic E-state index is -2.33. The van der Waals surface area contributed by atoms with E-state index in [1.54, 1.807) is 12.3 Å². The van der Waals surface area contributed by atoms with Crippen molar-refractivity contribution in [3.8, 4) is 5.06 Å². The highest BCUT2D eigenvalue weighted by molar-refractivity contribution is 7.12. The molecule has 0 aliphatic carbocycles. The Labute approximate surface area is 113 Å². The van der Waals surface area contributed by atoms with Crippen molar-refractivity contribution in [3.63, 3.8) is 0 Å². The maximum Gasteiger partial charge on any atom is 0.350 e. The molecule has 0 aliphatic rings. The SMILES string of the molecule is Cc1csc(OC(=O)c2c(F)c(F)c(F)c(F)c2F)c1. The Morgan fingerprint density at radius 3 is 1.95 bits per heavy atom. The standard InChI is InChI=1S/C12H5F5O2S/c1-4-2-5(20-3-4)19-12(18)6-7(13)9(15)11(17)10(16)8(6)14/h2-3H,1H3. The topological polar surface area (TPSA) is 26.3 Å². The van der Waals surface area contributed by atoms with Crippen molar-refractivity contribution in [2.45, 2.75) is 6.92 Å². The lowest BCUT2D eigenvalue weighted by Crippen LogP contribution is -2.17. The lowest BCUT2D eigenvalue weighted by Gasteiger charge is -2.07. The maximum absolute atomic E-state index is 13.3. The summed E-state index contributed by atoms with van der Waals surface area (Å²) in [6, 6.07) is 1.38. The minimum absolute atomic E-state index is 0.0172. The largest absolute Gasteiger partial charge is 0.412 e. The van der Waals surface area contributed by atoms with Crippen molar-refractivity contribution < 1.29 is 31.5 Å². The van der Waals surface area contributed by atoms with Gasteiger partial charge in [0.2, 0.25) is 5.82 Å². The van der Waals surface area contributed by atoms with Crippen LogP contribution in [0, 0.1) is 36.0 Å². The molecule has 8 heteroatoms. The first kappa shape index (κ1) is 14.4. The van der Waals surface area contributed by atoms with Crippen LogP contribution in [0.2, 0.25) is 0 Å². The first-order valence-electron chi connectivity index (χ1n) is 5.11. The van der Waals surface area contributed by atoms with Crippen LogP contribution in [-0.2, 0) is 0 Å². The lowest BCUT2D eigenvalue weighted by molar-refractivity contribution is 0.0727. The van der Waals surface area contributed by atoms with Crippen LogP contribution < -0.4 is 4.74 Å². The number of carbonyl (C=O) groups excluding carboxylic acids is 1. The summed E-state index contributed by atoms with van der Waals surface area (Å²) in [6.07, 6.45) is 0. The van der Waals surface area contributed by atoms with Crippen LogP contribution in [0.15, 0.2) is 11.4 Å². The van der Waals surface area contributed by atoms with Gasteiger partial charge in [-0.15, -0.1) is 11.3 Å². The molecule has 1 heterocycles. The third-order valence-electron chi connectivity index (χ3n) is 2.31. The highest BCUT2D eigenvalue weighted by Crippen LogP contribution is 2.27. The molecule has 1 aromatic carbocycles. The second-order valence-electron chi connectivity index (χ2n) is 3.78. The van der Waals surface area contributed by atoms with Gasteiger partial charge in [0.05, 0.1) is 0 Å².